The van der Waals surface area contributed by atoms with E-state index in [1.807, 2.05) is 26.0 Å². The van der Waals surface area contributed by atoms with Crippen molar-refractivity contribution in [3.8, 4) is 0 Å². The number of carbonyl (C=O) groups excluding carboxylic acids is 2. The molecule has 0 unspecified atom stereocenters. The van der Waals surface area contributed by atoms with Crippen molar-refractivity contribution in [3.63, 3.8) is 0 Å². The zero-order chi connectivity index (χ0) is 27.2. The molecular formula is C29H29FN4O4. The van der Waals surface area contributed by atoms with Gasteiger partial charge in [0.25, 0.3) is 5.56 Å². The lowest BCUT2D eigenvalue weighted by Crippen LogP contribution is -2.41. The van der Waals surface area contributed by atoms with Crippen molar-refractivity contribution < 1.29 is 14.0 Å². The molecule has 0 bridgehead atoms. The summed E-state index contributed by atoms with van der Waals surface area (Å²) >= 11 is 0. The third kappa shape index (κ3) is 6.23. The average Bonchev–Trinajstić information content (AvgIpc) is 2.89. The molecule has 3 aromatic carbocycles. The SMILES string of the molecule is Cc1ccc(NC(=O)Cn2c(=O)n(CCCCC(=O)Nc3ccc(F)cc3)c(=O)c3ccccc32)cc1C. The van der Waals surface area contributed by atoms with Gasteiger partial charge in [0.15, 0.2) is 0 Å². The number of anilines is 2. The number of fused-ring (bicyclic) bond motifs is 1. The number of amides is 2. The van der Waals surface area contributed by atoms with E-state index < -0.39 is 17.1 Å². The number of aryl methyl sites for hydroxylation is 2. The number of unbranched alkanes of at least 4 members (excludes halogenated alkanes) is 1. The number of carbonyl (C=O) groups is 2. The molecule has 196 valence electrons. The number of hydrogen-bond donors (Lipinski definition) is 2. The molecule has 1 heterocycles. The van der Waals surface area contributed by atoms with Gasteiger partial charge in [-0.3, -0.25) is 23.5 Å². The van der Waals surface area contributed by atoms with E-state index >= 15 is 0 Å². The van der Waals surface area contributed by atoms with Gasteiger partial charge in [0, 0.05) is 24.3 Å². The molecule has 4 rings (SSSR count). The van der Waals surface area contributed by atoms with Crippen LogP contribution in [0, 0.1) is 19.7 Å². The quantitative estimate of drug-likeness (QED) is 0.323. The molecule has 0 radical (unpaired) electrons. The van der Waals surface area contributed by atoms with Crippen LogP contribution in [0.25, 0.3) is 10.9 Å². The fraction of sp³-hybridized carbons (Fsp3) is 0.241. The van der Waals surface area contributed by atoms with Gasteiger partial charge < -0.3 is 10.6 Å². The molecule has 0 aliphatic carbocycles. The lowest BCUT2D eigenvalue weighted by atomic mass is 10.1. The Bertz CT molecular complexity index is 1610. The second kappa shape index (κ2) is 11.7. The molecule has 0 atom stereocenters. The van der Waals surface area contributed by atoms with Gasteiger partial charge in [0.2, 0.25) is 11.8 Å². The fourth-order valence-corrected chi connectivity index (χ4v) is 4.20. The molecule has 8 nitrogen and oxygen atoms in total. The van der Waals surface area contributed by atoms with E-state index in [0.29, 0.717) is 35.1 Å². The van der Waals surface area contributed by atoms with E-state index in [1.54, 1.807) is 30.3 Å². The summed E-state index contributed by atoms with van der Waals surface area (Å²) in [4.78, 5) is 51.5. The summed E-state index contributed by atoms with van der Waals surface area (Å²) in [6, 6.07) is 17.7. The maximum Gasteiger partial charge on any atom is 0.331 e. The highest BCUT2D eigenvalue weighted by Gasteiger charge is 2.16. The first-order chi connectivity index (χ1) is 18.2. The van der Waals surface area contributed by atoms with Crippen molar-refractivity contribution in [1.82, 2.24) is 9.13 Å². The van der Waals surface area contributed by atoms with Gasteiger partial charge in [0.05, 0.1) is 10.9 Å². The molecule has 38 heavy (non-hydrogen) atoms. The number of nitrogens with one attached hydrogen (secondary N) is 2. The Hall–Kier alpha value is -4.53. The van der Waals surface area contributed by atoms with Gasteiger partial charge in [-0.05, 0) is 86.3 Å². The van der Waals surface area contributed by atoms with E-state index in [0.717, 1.165) is 15.7 Å². The highest BCUT2D eigenvalue weighted by atomic mass is 19.1. The van der Waals surface area contributed by atoms with Crippen LogP contribution in [0.4, 0.5) is 15.8 Å². The Morgan fingerprint density at radius 3 is 2.21 bits per heavy atom. The van der Waals surface area contributed by atoms with Crippen LogP contribution >= 0.6 is 0 Å². The molecule has 4 aromatic rings. The molecule has 0 fully saturated rings. The first-order valence-electron chi connectivity index (χ1n) is 12.4. The molecule has 1 aromatic heterocycles. The van der Waals surface area contributed by atoms with Gasteiger partial charge in [-0.1, -0.05) is 18.2 Å². The standard InChI is InChI=1S/C29H29FN4O4/c1-19-10-13-23(17-20(19)2)32-27(36)18-34-25-8-4-3-7-24(25)28(37)33(29(34)38)16-6-5-9-26(35)31-22-14-11-21(30)12-15-22/h3-4,7-8,10-15,17H,5-6,9,16,18H2,1-2H3,(H,31,35)(H,32,36). The Kier molecular flexibility index (Phi) is 8.15. The van der Waals surface area contributed by atoms with E-state index in [-0.39, 0.29) is 31.3 Å². The Balaban J connectivity index is 1.47. The minimum Gasteiger partial charge on any atom is -0.326 e. The first-order valence-corrected chi connectivity index (χ1v) is 12.4. The van der Waals surface area contributed by atoms with Crippen molar-refractivity contribution >= 4 is 34.1 Å². The monoisotopic (exact) mass is 516 g/mol. The summed E-state index contributed by atoms with van der Waals surface area (Å²) in [7, 11) is 0. The van der Waals surface area contributed by atoms with Crippen LogP contribution in [-0.2, 0) is 22.7 Å². The van der Waals surface area contributed by atoms with Crippen molar-refractivity contribution in [2.24, 2.45) is 0 Å². The number of rotatable bonds is 9. The van der Waals surface area contributed by atoms with E-state index in [4.69, 9.17) is 0 Å². The minimum atomic E-state index is -0.584. The van der Waals surface area contributed by atoms with Crippen LogP contribution in [0.3, 0.4) is 0 Å². The molecule has 0 aliphatic rings. The molecule has 9 heteroatoms. The summed E-state index contributed by atoms with van der Waals surface area (Å²) in [5.41, 5.74) is 2.61. The van der Waals surface area contributed by atoms with Gasteiger partial charge in [-0.15, -0.1) is 0 Å². The van der Waals surface area contributed by atoms with Crippen LogP contribution in [0.15, 0.2) is 76.3 Å². The zero-order valence-electron chi connectivity index (χ0n) is 21.3. The van der Waals surface area contributed by atoms with Crippen LogP contribution in [-0.4, -0.2) is 20.9 Å². The van der Waals surface area contributed by atoms with Crippen molar-refractivity contribution in [2.75, 3.05) is 10.6 Å². The number of benzene rings is 3. The second-order valence-corrected chi connectivity index (χ2v) is 9.20. The molecule has 0 spiro atoms. The second-order valence-electron chi connectivity index (χ2n) is 9.20. The van der Waals surface area contributed by atoms with Crippen LogP contribution in [0.5, 0.6) is 0 Å². The minimum absolute atomic E-state index is 0.102. The summed E-state index contributed by atoms with van der Waals surface area (Å²) in [5.74, 6) is -1.02. The summed E-state index contributed by atoms with van der Waals surface area (Å²) in [6.07, 6.45) is 1.00. The summed E-state index contributed by atoms with van der Waals surface area (Å²) in [6.45, 7) is 3.77. The predicted octanol–water partition coefficient (Wildman–Crippen LogP) is 4.37. The van der Waals surface area contributed by atoms with Crippen LogP contribution in [0.1, 0.15) is 30.4 Å². The van der Waals surface area contributed by atoms with E-state index in [9.17, 15) is 23.6 Å². The number of nitrogens with zero attached hydrogens (tertiary/aromatic N) is 2. The molecule has 0 saturated carbocycles. The largest absolute Gasteiger partial charge is 0.331 e. The fourth-order valence-electron chi connectivity index (χ4n) is 4.20. The van der Waals surface area contributed by atoms with E-state index in [2.05, 4.69) is 10.6 Å². The topological polar surface area (TPSA) is 102 Å². The van der Waals surface area contributed by atoms with Crippen LogP contribution < -0.4 is 21.9 Å². The Labute approximate surface area is 218 Å². The number of halogens is 1. The summed E-state index contributed by atoms with van der Waals surface area (Å²) < 4.78 is 15.4. The maximum atomic E-state index is 13.3. The molecular weight excluding hydrogens is 487 g/mol. The molecule has 2 amide bonds. The van der Waals surface area contributed by atoms with Crippen molar-refractivity contribution in [3.05, 3.63) is 105 Å². The predicted molar refractivity (Wildman–Crippen MR) is 146 cm³/mol. The molecule has 0 saturated heterocycles. The highest BCUT2D eigenvalue weighted by molar-refractivity contribution is 5.92. The maximum absolute atomic E-state index is 13.3. The lowest BCUT2D eigenvalue weighted by Gasteiger charge is -2.14. The van der Waals surface area contributed by atoms with Crippen molar-refractivity contribution in [2.45, 2.75) is 46.2 Å². The Morgan fingerprint density at radius 1 is 0.789 bits per heavy atom. The van der Waals surface area contributed by atoms with Gasteiger partial charge in [0.1, 0.15) is 12.4 Å². The smallest absolute Gasteiger partial charge is 0.326 e. The van der Waals surface area contributed by atoms with Crippen LogP contribution in [0.2, 0.25) is 0 Å². The third-order valence-electron chi connectivity index (χ3n) is 6.39. The highest BCUT2D eigenvalue weighted by Crippen LogP contribution is 2.15. The number of aromatic nitrogens is 2. The average molecular weight is 517 g/mol. The first kappa shape index (κ1) is 26.5. The normalized spacial score (nSPS) is 10.9. The third-order valence-corrected chi connectivity index (χ3v) is 6.39. The lowest BCUT2D eigenvalue weighted by molar-refractivity contribution is -0.117. The number of para-hydroxylation sites is 1. The zero-order valence-corrected chi connectivity index (χ0v) is 21.3. The Morgan fingerprint density at radius 2 is 1.47 bits per heavy atom. The van der Waals surface area contributed by atoms with Gasteiger partial charge >= 0.3 is 5.69 Å². The van der Waals surface area contributed by atoms with Gasteiger partial charge in [-0.25, -0.2) is 9.18 Å². The summed E-state index contributed by atoms with van der Waals surface area (Å²) in [5, 5.41) is 5.84. The van der Waals surface area contributed by atoms with E-state index in [1.165, 1.54) is 28.8 Å². The van der Waals surface area contributed by atoms with Gasteiger partial charge in [-0.2, -0.15) is 0 Å². The molecule has 0 aliphatic heterocycles. The molecule has 2 N–H and O–H groups in total. The van der Waals surface area contributed by atoms with Crippen molar-refractivity contribution in [1.29, 1.82) is 0 Å². The number of hydrogen-bond acceptors (Lipinski definition) is 4.